The number of hydrogen-bond donors (Lipinski definition) is 0. The second-order valence-electron chi connectivity index (χ2n) is 13.9. The first-order valence-electron chi connectivity index (χ1n) is 18.4. The number of rotatable bonds is 5. The Labute approximate surface area is 318 Å². The molecule has 0 N–H and O–H groups in total. The summed E-state index contributed by atoms with van der Waals surface area (Å²) in [7, 11) is 0. The highest BCUT2D eigenvalue weighted by Crippen LogP contribution is 2.48. The summed E-state index contributed by atoms with van der Waals surface area (Å²) in [5, 5.41) is 6.75. The smallest absolute Gasteiger partial charge is 0.227 e. The van der Waals surface area contributed by atoms with Crippen molar-refractivity contribution in [1.82, 2.24) is 9.55 Å². The molecule has 0 bridgehead atoms. The lowest BCUT2D eigenvalue weighted by Crippen LogP contribution is -2.12. The van der Waals surface area contributed by atoms with E-state index in [1.807, 2.05) is 53.8 Å². The largest absolute Gasteiger partial charge is 0.454 e. The zero-order chi connectivity index (χ0) is 36.0. The molecule has 8 aromatic carbocycles. The third-order valence-corrected chi connectivity index (χ3v) is 12.0. The maximum atomic E-state index is 6.93. The molecule has 12 aromatic rings. The molecule has 0 amide bonds. The zero-order valence-electron chi connectivity index (χ0n) is 29.3. The number of hydrogen-bond acceptors (Lipinski definition) is 5. The molecule has 0 radical (unpaired) electrons. The molecule has 0 aliphatic carbocycles. The molecular weight excluding hydrogens is 695 g/mol. The Morgan fingerprint density at radius 3 is 2.09 bits per heavy atom. The van der Waals surface area contributed by atoms with Gasteiger partial charge in [0.15, 0.2) is 11.2 Å². The van der Waals surface area contributed by atoms with Gasteiger partial charge in [0, 0.05) is 53.3 Å². The average molecular weight is 724 g/mol. The Morgan fingerprint density at radius 2 is 1.22 bits per heavy atom. The maximum absolute atomic E-state index is 6.93. The Bertz CT molecular complexity index is 3450. The van der Waals surface area contributed by atoms with Crippen molar-refractivity contribution in [2.45, 2.75) is 0 Å². The van der Waals surface area contributed by atoms with Gasteiger partial charge in [-0.1, -0.05) is 97.1 Å². The fourth-order valence-corrected chi connectivity index (χ4v) is 9.51. The standard InChI is InChI=1S/C49H29N3O2S/c1-3-13-30(14-4-1)49-50-38-26-27-42-45(48(38)54-49)36-20-12-23-41(47(36)53-42)51(32-25-28-44-37(29-32)34-18-8-10-24-43(34)55-44)40-22-11-19-35-33-17-7-9-21-39(33)52(46(35)40)31-15-5-2-6-16-31/h1-29H. The fourth-order valence-electron chi connectivity index (χ4n) is 8.42. The van der Waals surface area contributed by atoms with E-state index < -0.39 is 0 Å². The van der Waals surface area contributed by atoms with Gasteiger partial charge in [-0.3, -0.25) is 0 Å². The van der Waals surface area contributed by atoms with E-state index in [1.54, 1.807) is 0 Å². The van der Waals surface area contributed by atoms with Gasteiger partial charge in [-0.05, 0) is 78.9 Å². The van der Waals surface area contributed by atoms with Gasteiger partial charge in [0.1, 0.15) is 11.1 Å². The molecule has 0 fully saturated rings. The van der Waals surface area contributed by atoms with Gasteiger partial charge in [-0.15, -0.1) is 11.3 Å². The SMILES string of the molecule is c1ccc(-c2nc3ccc4oc5c(N(c6ccc7sc8ccccc8c7c6)c6cccc7c8ccccc8n(-c8ccccc8)c67)cccc5c4c3o2)cc1. The highest BCUT2D eigenvalue weighted by atomic mass is 32.1. The first-order valence-corrected chi connectivity index (χ1v) is 19.2. The van der Waals surface area contributed by atoms with Crippen LogP contribution in [0.25, 0.3) is 92.2 Å². The van der Waals surface area contributed by atoms with Crippen LogP contribution in [-0.2, 0) is 0 Å². The molecule has 0 saturated heterocycles. The Balaban J connectivity index is 1.18. The third kappa shape index (κ3) is 4.49. The minimum Gasteiger partial charge on any atom is -0.454 e. The quantitative estimate of drug-likeness (QED) is 0.177. The van der Waals surface area contributed by atoms with E-state index >= 15 is 0 Å². The zero-order valence-corrected chi connectivity index (χ0v) is 30.1. The van der Waals surface area contributed by atoms with Gasteiger partial charge in [-0.25, -0.2) is 4.98 Å². The normalized spacial score (nSPS) is 12.0. The Morgan fingerprint density at radius 1 is 0.509 bits per heavy atom. The topological polar surface area (TPSA) is 47.3 Å². The molecule has 258 valence electrons. The number of furan rings is 1. The van der Waals surface area contributed by atoms with Crippen molar-refractivity contribution in [2.75, 3.05) is 4.90 Å². The lowest BCUT2D eigenvalue weighted by molar-refractivity contribution is 0.622. The van der Waals surface area contributed by atoms with E-state index in [0.29, 0.717) is 5.89 Å². The summed E-state index contributed by atoms with van der Waals surface area (Å²) < 4.78 is 18.4. The Hall–Kier alpha value is -7.15. The number of oxazole rings is 1. The molecule has 12 rings (SSSR count). The van der Waals surface area contributed by atoms with Crippen molar-refractivity contribution in [2.24, 2.45) is 0 Å². The second-order valence-corrected chi connectivity index (χ2v) is 15.0. The minimum absolute atomic E-state index is 0.590. The second kappa shape index (κ2) is 11.7. The van der Waals surface area contributed by atoms with Crippen molar-refractivity contribution in [3.8, 4) is 17.1 Å². The van der Waals surface area contributed by atoms with Crippen LogP contribution in [0.3, 0.4) is 0 Å². The van der Waals surface area contributed by atoms with Gasteiger partial charge < -0.3 is 18.3 Å². The predicted molar refractivity (Wildman–Crippen MR) is 229 cm³/mol. The molecule has 4 aromatic heterocycles. The van der Waals surface area contributed by atoms with E-state index in [9.17, 15) is 0 Å². The van der Waals surface area contributed by atoms with Crippen LogP contribution >= 0.6 is 11.3 Å². The summed E-state index contributed by atoms with van der Waals surface area (Å²) in [5.41, 5.74) is 10.4. The molecule has 4 heterocycles. The third-order valence-electron chi connectivity index (χ3n) is 10.8. The van der Waals surface area contributed by atoms with Crippen LogP contribution in [0.4, 0.5) is 17.1 Å². The summed E-state index contributed by atoms with van der Waals surface area (Å²) in [6.45, 7) is 0. The summed E-state index contributed by atoms with van der Waals surface area (Å²) >= 11 is 1.83. The van der Waals surface area contributed by atoms with E-state index in [2.05, 4.69) is 143 Å². The molecule has 0 saturated carbocycles. The van der Waals surface area contributed by atoms with Crippen LogP contribution < -0.4 is 4.90 Å². The number of benzene rings is 8. The van der Waals surface area contributed by atoms with Gasteiger partial charge >= 0.3 is 0 Å². The summed E-state index contributed by atoms with van der Waals surface area (Å²) in [5.74, 6) is 0.590. The molecule has 55 heavy (non-hydrogen) atoms. The minimum atomic E-state index is 0.590. The van der Waals surface area contributed by atoms with Crippen molar-refractivity contribution in [3.05, 3.63) is 176 Å². The number of anilines is 3. The maximum Gasteiger partial charge on any atom is 0.227 e. The number of fused-ring (bicyclic) bond motifs is 11. The monoisotopic (exact) mass is 723 g/mol. The van der Waals surface area contributed by atoms with Crippen molar-refractivity contribution >= 4 is 103 Å². The van der Waals surface area contributed by atoms with Crippen LogP contribution in [0.15, 0.2) is 185 Å². The molecule has 0 spiro atoms. The summed E-state index contributed by atoms with van der Waals surface area (Å²) in [6.07, 6.45) is 0. The van der Waals surface area contributed by atoms with E-state index in [-0.39, 0.29) is 0 Å². The van der Waals surface area contributed by atoms with Gasteiger partial charge in [-0.2, -0.15) is 0 Å². The van der Waals surface area contributed by atoms with Crippen molar-refractivity contribution in [3.63, 3.8) is 0 Å². The number of nitrogens with zero attached hydrogens (tertiary/aromatic N) is 3. The number of thiophene rings is 1. The number of aromatic nitrogens is 2. The van der Waals surface area contributed by atoms with Crippen molar-refractivity contribution in [1.29, 1.82) is 0 Å². The first kappa shape index (κ1) is 30.3. The van der Waals surface area contributed by atoms with Gasteiger partial charge in [0.05, 0.1) is 27.8 Å². The molecule has 0 atom stereocenters. The van der Waals surface area contributed by atoms with Crippen molar-refractivity contribution < 1.29 is 8.83 Å². The molecule has 0 aliphatic rings. The molecule has 6 heteroatoms. The molecule has 0 aliphatic heterocycles. The van der Waals surface area contributed by atoms with E-state index in [4.69, 9.17) is 13.8 Å². The molecular formula is C49H29N3O2S. The summed E-state index contributed by atoms with van der Waals surface area (Å²) in [6, 6.07) is 62.0. The van der Waals surface area contributed by atoms with E-state index in [0.717, 1.165) is 72.4 Å². The lowest BCUT2D eigenvalue weighted by Gasteiger charge is -2.27. The van der Waals surface area contributed by atoms with Crippen LogP contribution in [0.5, 0.6) is 0 Å². The first-order chi connectivity index (χ1) is 27.3. The fraction of sp³-hybridized carbons (Fsp3) is 0. The van der Waals surface area contributed by atoms with Gasteiger partial charge in [0.2, 0.25) is 5.89 Å². The molecule has 5 nitrogen and oxygen atoms in total. The summed E-state index contributed by atoms with van der Waals surface area (Å²) in [4.78, 5) is 7.27. The lowest BCUT2D eigenvalue weighted by atomic mass is 10.1. The van der Waals surface area contributed by atoms with Crippen LogP contribution in [0, 0.1) is 0 Å². The number of para-hydroxylation sites is 4. The highest BCUT2D eigenvalue weighted by Gasteiger charge is 2.26. The molecule has 0 unspecified atom stereocenters. The average Bonchev–Trinajstić information content (AvgIpc) is 4.02. The van der Waals surface area contributed by atoms with Crippen LogP contribution in [-0.4, -0.2) is 9.55 Å². The Kier molecular flexibility index (Phi) is 6.44. The van der Waals surface area contributed by atoms with Crippen LogP contribution in [0.1, 0.15) is 0 Å². The van der Waals surface area contributed by atoms with E-state index in [1.165, 1.54) is 30.9 Å². The van der Waals surface area contributed by atoms with Crippen LogP contribution in [0.2, 0.25) is 0 Å². The highest BCUT2D eigenvalue weighted by molar-refractivity contribution is 7.25. The van der Waals surface area contributed by atoms with Gasteiger partial charge in [0.25, 0.3) is 0 Å². The predicted octanol–water partition coefficient (Wildman–Crippen LogP) is 14.3.